The molecule has 0 saturated carbocycles. The van der Waals surface area contributed by atoms with Gasteiger partial charge in [0.25, 0.3) is 0 Å². The van der Waals surface area contributed by atoms with Crippen LogP contribution in [0.4, 0.5) is 0 Å². The number of aryl methyl sites for hydroxylation is 1. The van der Waals surface area contributed by atoms with Gasteiger partial charge in [0.05, 0.1) is 13.7 Å². The molecule has 1 heterocycles. The van der Waals surface area contributed by atoms with Crippen LogP contribution in [-0.4, -0.2) is 34.3 Å². The Kier molecular flexibility index (Phi) is 14.4. The van der Waals surface area contributed by atoms with Crippen molar-refractivity contribution in [3.8, 4) is 0 Å². The van der Waals surface area contributed by atoms with Crippen molar-refractivity contribution in [3.05, 3.63) is 29.0 Å². The van der Waals surface area contributed by atoms with E-state index in [0.29, 0.717) is 27.8 Å². The van der Waals surface area contributed by atoms with Gasteiger partial charge < -0.3 is 9.47 Å². The highest BCUT2D eigenvalue weighted by Gasteiger charge is 2.13. The quantitative estimate of drug-likeness (QED) is 0.143. The molecule has 158 valence electrons. The second-order valence-corrected chi connectivity index (χ2v) is 8.98. The van der Waals surface area contributed by atoms with Crippen molar-refractivity contribution in [2.24, 2.45) is 0 Å². The van der Waals surface area contributed by atoms with Crippen LogP contribution in [0.25, 0.3) is 0 Å². The summed E-state index contributed by atoms with van der Waals surface area (Å²) in [6.45, 7) is 2.58. The molecule has 1 unspecified atom stereocenters. The first-order valence-corrected chi connectivity index (χ1v) is 11.7. The summed E-state index contributed by atoms with van der Waals surface area (Å²) < 4.78 is 10.8. The van der Waals surface area contributed by atoms with Crippen molar-refractivity contribution in [1.82, 2.24) is 4.98 Å². The minimum atomic E-state index is -0.110. The maximum absolute atomic E-state index is 11.1. The van der Waals surface area contributed by atoms with Crippen molar-refractivity contribution < 1.29 is 14.3 Å². The number of unbranched alkanes of at least 4 members (excludes halogenated alkanes) is 5. The Hall–Kier alpha value is -0.850. The van der Waals surface area contributed by atoms with Crippen LogP contribution in [0.5, 0.6) is 0 Å². The fourth-order valence-corrected chi connectivity index (χ4v) is 4.50. The van der Waals surface area contributed by atoms with E-state index in [9.17, 15) is 4.79 Å². The number of rotatable bonds is 14. The van der Waals surface area contributed by atoms with E-state index >= 15 is 0 Å². The normalized spacial score (nSPS) is 11.8. The van der Waals surface area contributed by atoms with Crippen LogP contribution in [0.3, 0.4) is 0 Å². The largest absolute Gasteiger partial charge is 0.479 e. The molecule has 0 radical (unpaired) electrons. The highest BCUT2D eigenvalue weighted by molar-refractivity contribution is 8.23. The van der Waals surface area contributed by atoms with Gasteiger partial charge in [0.2, 0.25) is 4.38 Å². The molecule has 1 rings (SSSR count). The van der Waals surface area contributed by atoms with Gasteiger partial charge in [-0.2, -0.15) is 0 Å². The lowest BCUT2D eigenvalue weighted by Crippen LogP contribution is -2.10. The summed E-state index contributed by atoms with van der Waals surface area (Å²) >= 11 is 12.9. The van der Waals surface area contributed by atoms with E-state index in [1.54, 1.807) is 11.8 Å². The summed E-state index contributed by atoms with van der Waals surface area (Å²) in [5.41, 5.74) is 1.20. The number of hydrogen-bond acceptors (Lipinski definition) is 6. The Bertz CT molecular complexity index is 569. The topological polar surface area (TPSA) is 48.4 Å². The van der Waals surface area contributed by atoms with E-state index in [1.165, 1.54) is 38.4 Å². The van der Waals surface area contributed by atoms with E-state index in [1.807, 2.05) is 25.3 Å². The van der Waals surface area contributed by atoms with Crippen molar-refractivity contribution in [2.45, 2.75) is 76.4 Å². The van der Waals surface area contributed by atoms with Crippen molar-refractivity contribution >= 4 is 45.9 Å². The number of carbonyl (C=O) groups excluding carboxylic acids is 1. The third-order valence-electron chi connectivity index (χ3n) is 4.45. The molecule has 0 N–H and O–H groups in total. The van der Waals surface area contributed by atoms with E-state index in [2.05, 4.69) is 9.72 Å². The number of hydrogen-bond donors (Lipinski definition) is 0. The van der Waals surface area contributed by atoms with Crippen LogP contribution < -0.4 is 0 Å². The molecule has 7 heteroatoms. The Balaban J connectivity index is 2.27. The molecule has 0 aromatic carbocycles. The molecule has 1 aromatic rings. The zero-order valence-corrected chi connectivity index (χ0v) is 19.3. The van der Waals surface area contributed by atoms with Crippen LogP contribution >= 0.6 is 35.6 Å². The Labute approximate surface area is 184 Å². The van der Waals surface area contributed by atoms with E-state index in [0.717, 1.165) is 32.1 Å². The van der Waals surface area contributed by atoms with E-state index in [-0.39, 0.29) is 5.97 Å². The molecule has 0 aliphatic carbocycles. The average Bonchev–Trinajstić information content (AvgIpc) is 2.69. The number of pyridine rings is 1. The van der Waals surface area contributed by atoms with Crippen LogP contribution in [0.15, 0.2) is 18.3 Å². The molecule has 28 heavy (non-hydrogen) atoms. The van der Waals surface area contributed by atoms with Gasteiger partial charge in [-0.05, 0) is 56.5 Å². The Morgan fingerprint density at radius 3 is 2.54 bits per heavy atom. The Morgan fingerprint density at radius 2 is 1.89 bits per heavy atom. The van der Waals surface area contributed by atoms with Crippen LogP contribution in [0, 0.1) is 0 Å². The van der Waals surface area contributed by atoms with E-state index in [4.69, 9.17) is 28.6 Å². The second kappa shape index (κ2) is 16.0. The minimum absolute atomic E-state index is 0.110. The van der Waals surface area contributed by atoms with Gasteiger partial charge in [-0.3, -0.25) is 4.79 Å². The lowest BCUT2D eigenvalue weighted by molar-refractivity contribution is -0.140. The van der Waals surface area contributed by atoms with Gasteiger partial charge in [-0.15, -0.1) is 0 Å². The molecular weight excluding hydrogens is 414 g/mol. The summed E-state index contributed by atoms with van der Waals surface area (Å²) in [7, 11) is 1.44. The lowest BCUT2D eigenvalue weighted by atomic mass is 10.0. The smallest absolute Gasteiger partial charge is 0.305 e. The molecule has 0 bridgehead atoms. The number of halogens is 1. The predicted molar refractivity (Wildman–Crippen MR) is 122 cm³/mol. The number of thioether (sulfide) groups is 1. The van der Waals surface area contributed by atoms with Crippen LogP contribution in [0.1, 0.15) is 70.3 Å². The molecule has 0 amide bonds. The number of methoxy groups -OCH3 is 1. The Morgan fingerprint density at radius 1 is 1.18 bits per heavy atom. The summed E-state index contributed by atoms with van der Waals surface area (Å²) in [6, 6.07) is 3.87. The van der Waals surface area contributed by atoms with Gasteiger partial charge in [0.15, 0.2) is 0 Å². The molecule has 1 atom stereocenters. The number of ether oxygens (including phenoxy) is 2. The molecule has 0 aliphatic heterocycles. The highest BCUT2D eigenvalue weighted by Crippen LogP contribution is 2.25. The summed E-state index contributed by atoms with van der Waals surface area (Å²) in [5, 5.41) is 0.979. The first kappa shape index (κ1) is 25.2. The van der Waals surface area contributed by atoms with Crippen LogP contribution in [-0.2, 0) is 20.7 Å². The van der Waals surface area contributed by atoms with Gasteiger partial charge >= 0.3 is 5.97 Å². The molecule has 0 fully saturated rings. The van der Waals surface area contributed by atoms with Crippen molar-refractivity contribution in [1.29, 1.82) is 0 Å². The number of thiocarbonyl (C=S) groups is 1. The van der Waals surface area contributed by atoms with Gasteiger partial charge in [-0.1, -0.05) is 61.5 Å². The number of nitrogens with zero attached hydrogens (tertiary/aromatic N) is 1. The van der Waals surface area contributed by atoms with Crippen molar-refractivity contribution in [2.75, 3.05) is 13.7 Å². The van der Waals surface area contributed by atoms with Crippen LogP contribution in [0.2, 0.25) is 5.15 Å². The molecule has 0 saturated heterocycles. The first-order chi connectivity index (χ1) is 13.5. The molecule has 0 spiro atoms. The third-order valence-corrected chi connectivity index (χ3v) is 6.20. The maximum atomic E-state index is 11.1. The third kappa shape index (κ3) is 12.6. The van der Waals surface area contributed by atoms with Crippen molar-refractivity contribution in [3.63, 3.8) is 0 Å². The van der Waals surface area contributed by atoms with Gasteiger partial charge in [0, 0.05) is 17.9 Å². The average molecular weight is 446 g/mol. The minimum Gasteiger partial charge on any atom is -0.479 e. The molecule has 1 aromatic heterocycles. The lowest BCUT2D eigenvalue weighted by Gasteiger charge is -2.17. The summed E-state index contributed by atoms with van der Waals surface area (Å²) in [4.78, 5) is 15.2. The number of esters is 1. The van der Waals surface area contributed by atoms with E-state index < -0.39 is 0 Å². The monoisotopic (exact) mass is 445 g/mol. The summed E-state index contributed by atoms with van der Waals surface area (Å²) in [5.74, 6) is -0.110. The zero-order chi connectivity index (χ0) is 20.6. The SMILES string of the molecule is CCOC(=S)SC(CCCCCCCCC(=O)OC)CCc1ccc(Cl)nc1. The van der Waals surface area contributed by atoms with Gasteiger partial charge in [0.1, 0.15) is 5.15 Å². The zero-order valence-electron chi connectivity index (χ0n) is 17.0. The highest BCUT2D eigenvalue weighted by atomic mass is 35.5. The maximum Gasteiger partial charge on any atom is 0.305 e. The van der Waals surface area contributed by atoms with Gasteiger partial charge in [-0.25, -0.2) is 4.98 Å². The predicted octanol–water partition coefficient (Wildman–Crippen LogP) is 6.38. The fraction of sp³-hybridized carbons (Fsp3) is 0.667. The molecule has 4 nitrogen and oxygen atoms in total. The number of aromatic nitrogens is 1. The summed E-state index contributed by atoms with van der Waals surface area (Å²) in [6.07, 6.45) is 12.3. The molecular formula is C21H32ClNO3S2. The standard InChI is InChI=1S/C21H32ClNO3S2/c1-3-26-21(27)28-18(14-12-17-13-15-19(22)23-16-17)10-8-6-4-5-7-9-11-20(24)25-2/h13,15-16,18H,3-12,14H2,1-2H3. The first-order valence-electron chi connectivity index (χ1n) is 10.1. The molecule has 0 aliphatic rings. The second-order valence-electron chi connectivity index (χ2n) is 6.69. The fourth-order valence-electron chi connectivity index (χ4n) is 2.88. The number of carbonyl (C=O) groups is 1.